The van der Waals surface area contributed by atoms with Crippen LogP contribution in [0.5, 0.6) is 0 Å². The van der Waals surface area contributed by atoms with Crippen LogP contribution in [-0.2, 0) is 4.74 Å². The van der Waals surface area contributed by atoms with Crippen LogP contribution in [0.1, 0.15) is 34.6 Å². The zero-order valence-corrected chi connectivity index (χ0v) is 12.5. The van der Waals surface area contributed by atoms with Gasteiger partial charge in [-0.3, -0.25) is 0 Å². The molecule has 0 saturated heterocycles. The molecule has 0 rings (SSSR count). The molecular weight excluding hydrogens is 239 g/mol. The Kier molecular flexibility index (Phi) is 7.50. The van der Waals surface area contributed by atoms with E-state index in [0.29, 0.717) is 11.3 Å². The summed E-state index contributed by atoms with van der Waals surface area (Å²) < 4.78 is 19.6. The van der Waals surface area contributed by atoms with Crippen LogP contribution in [0.3, 0.4) is 0 Å². The summed E-state index contributed by atoms with van der Waals surface area (Å²) in [5.74, 6) is 0.377. The van der Waals surface area contributed by atoms with Gasteiger partial charge in [0.1, 0.15) is 5.76 Å². The normalized spacial score (nSPS) is 12.5. The van der Waals surface area contributed by atoms with Crippen LogP contribution in [-0.4, -0.2) is 0 Å². The molecule has 0 spiro atoms. The first-order valence-electron chi connectivity index (χ1n) is 6.16. The van der Waals surface area contributed by atoms with E-state index in [1.165, 1.54) is 6.08 Å². The summed E-state index contributed by atoms with van der Waals surface area (Å²) in [6, 6.07) is 0. The van der Waals surface area contributed by atoms with Crippen LogP contribution < -0.4 is 0 Å². The topological polar surface area (TPSA) is 9.23 Å². The molecule has 0 atom stereocenters. The van der Waals surface area contributed by atoms with Gasteiger partial charge in [-0.1, -0.05) is 30.4 Å². The molecule has 0 saturated carbocycles. The molecule has 19 heavy (non-hydrogen) atoms. The van der Waals surface area contributed by atoms with Crippen LogP contribution in [0, 0.1) is 0 Å². The molecule has 0 aliphatic carbocycles. The zero-order valence-electron chi connectivity index (χ0n) is 12.5. The van der Waals surface area contributed by atoms with Crippen molar-refractivity contribution in [2.24, 2.45) is 0 Å². The monoisotopic (exact) mass is 262 g/mol. The molecule has 0 amide bonds. The number of halogens is 1. The Labute approximate surface area is 116 Å². The quantitative estimate of drug-likeness (QED) is 0.436. The van der Waals surface area contributed by atoms with Gasteiger partial charge in [-0.2, -0.15) is 0 Å². The molecule has 0 N–H and O–H groups in total. The lowest BCUT2D eigenvalue weighted by Gasteiger charge is -2.11. The van der Waals surface area contributed by atoms with Crippen LogP contribution >= 0.6 is 0 Å². The lowest BCUT2D eigenvalue weighted by Crippen LogP contribution is -1.95. The predicted molar refractivity (Wildman–Crippen MR) is 81.2 cm³/mol. The highest BCUT2D eigenvalue weighted by atomic mass is 19.1. The largest absolute Gasteiger partial charge is 0.455 e. The highest BCUT2D eigenvalue weighted by Gasteiger charge is 2.09. The maximum absolute atomic E-state index is 14.0. The van der Waals surface area contributed by atoms with Gasteiger partial charge in [0.2, 0.25) is 0 Å². The summed E-state index contributed by atoms with van der Waals surface area (Å²) in [5.41, 5.74) is 2.30. The van der Waals surface area contributed by atoms with Crippen molar-refractivity contribution < 1.29 is 9.13 Å². The number of hydrogen-bond donors (Lipinski definition) is 0. The third-order valence-electron chi connectivity index (χ3n) is 2.08. The van der Waals surface area contributed by atoms with Gasteiger partial charge in [0.15, 0.2) is 11.6 Å². The molecular formula is C17H23FO. The van der Waals surface area contributed by atoms with E-state index in [1.54, 1.807) is 32.9 Å². The van der Waals surface area contributed by atoms with Crippen LogP contribution in [0.4, 0.5) is 4.39 Å². The molecule has 2 heteroatoms. The van der Waals surface area contributed by atoms with Crippen LogP contribution in [0.2, 0.25) is 0 Å². The summed E-state index contributed by atoms with van der Waals surface area (Å²) in [5, 5.41) is 0. The van der Waals surface area contributed by atoms with Gasteiger partial charge >= 0.3 is 0 Å². The van der Waals surface area contributed by atoms with E-state index in [1.807, 2.05) is 19.9 Å². The summed E-state index contributed by atoms with van der Waals surface area (Å²) >= 11 is 0. The fourth-order valence-corrected chi connectivity index (χ4v) is 1.20. The SMILES string of the molecule is C=C(C)/C=C\C(=C/C)OC(=C(C)C)/C(F)=C\C(=C)C. The fraction of sp³-hybridized carbons (Fsp3) is 0.294. The highest BCUT2D eigenvalue weighted by molar-refractivity contribution is 5.32. The van der Waals surface area contributed by atoms with Crippen molar-refractivity contribution >= 4 is 0 Å². The van der Waals surface area contributed by atoms with Crippen LogP contribution in [0.15, 0.2) is 71.5 Å². The van der Waals surface area contributed by atoms with Gasteiger partial charge in [-0.15, -0.1) is 0 Å². The lowest BCUT2D eigenvalue weighted by molar-refractivity contribution is 0.304. The number of allylic oxidation sites excluding steroid dienone is 8. The standard InChI is InChI=1S/C17H23FO/c1-8-15(10-9-12(2)3)19-17(14(6)7)16(18)11-13(4)5/h8-11H,2,4H2,1,3,5-7H3/b10-9-,15-8+,16-11+. The molecule has 0 aliphatic heterocycles. The Morgan fingerprint density at radius 1 is 1.00 bits per heavy atom. The summed E-state index contributed by atoms with van der Waals surface area (Å²) in [7, 11) is 0. The molecule has 0 aromatic heterocycles. The maximum Gasteiger partial charge on any atom is 0.165 e. The smallest absolute Gasteiger partial charge is 0.165 e. The lowest BCUT2D eigenvalue weighted by atomic mass is 10.2. The van der Waals surface area contributed by atoms with Crippen molar-refractivity contribution in [3.63, 3.8) is 0 Å². The van der Waals surface area contributed by atoms with E-state index in [-0.39, 0.29) is 5.76 Å². The van der Waals surface area contributed by atoms with Crippen molar-refractivity contribution in [1.29, 1.82) is 0 Å². The van der Waals surface area contributed by atoms with E-state index in [2.05, 4.69) is 13.2 Å². The van der Waals surface area contributed by atoms with Crippen LogP contribution in [0.25, 0.3) is 0 Å². The Morgan fingerprint density at radius 2 is 1.58 bits per heavy atom. The van der Waals surface area contributed by atoms with E-state index >= 15 is 0 Å². The molecule has 0 unspecified atom stereocenters. The second kappa shape index (κ2) is 8.30. The van der Waals surface area contributed by atoms with Gasteiger partial charge in [-0.25, -0.2) is 4.39 Å². The third kappa shape index (κ3) is 7.24. The molecule has 0 fully saturated rings. The van der Waals surface area contributed by atoms with Crippen molar-refractivity contribution in [1.82, 2.24) is 0 Å². The van der Waals surface area contributed by atoms with Gasteiger partial charge in [0.05, 0.1) is 0 Å². The van der Waals surface area contributed by atoms with Gasteiger partial charge in [-0.05, 0) is 58.4 Å². The van der Waals surface area contributed by atoms with E-state index < -0.39 is 5.83 Å². The minimum atomic E-state index is -0.421. The first-order valence-corrected chi connectivity index (χ1v) is 6.16. The minimum Gasteiger partial charge on any atom is -0.455 e. The second-order valence-corrected chi connectivity index (χ2v) is 4.64. The highest BCUT2D eigenvalue weighted by Crippen LogP contribution is 2.22. The number of rotatable bonds is 6. The maximum atomic E-state index is 14.0. The zero-order chi connectivity index (χ0) is 15.0. The molecule has 0 aliphatic rings. The van der Waals surface area contributed by atoms with Gasteiger partial charge in [0.25, 0.3) is 0 Å². The van der Waals surface area contributed by atoms with Crippen molar-refractivity contribution in [2.45, 2.75) is 34.6 Å². The average molecular weight is 262 g/mol. The second-order valence-electron chi connectivity index (χ2n) is 4.64. The first kappa shape index (κ1) is 17.2. The number of hydrogen-bond acceptors (Lipinski definition) is 1. The fourth-order valence-electron chi connectivity index (χ4n) is 1.20. The van der Waals surface area contributed by atoms with Gasteiger partial charge < -0.3 is 4.74 Å². The molecule has 0 heterocycles. The molecule has 0 bridgehead atoms. The van der Waals surface area contributed by atoms with Crippen molar-refractivity contribution in [3.8, 4) is 0 Å². The van der Waals surface area contributed by atoms with Gasteiger partial charge in [0, 0.05) is 0 Å². The molecule has 0 aromatic rings. The Hall–Kier alpha value is -1.83. The molecule has 0 radical (unpaired) electrons. The Morgan fingerprint density at radius 3 is 1.95 bits per heavy atom. The molecule has 1 nitrogen and oxygen atoms in total. The van der Waals surface area contributed by atoms with Crippen molar-refractivity contribution in [2.75, 3.05) is 0 Å². The molecule has 0 aromatic carbocycles. The van der Waals surface area contributed by atoms with E-state index in [9.17, 15) is 4.39 Å². The Bertz CT molecular complexity index is 469. The summed E-state index contributed by atoms with van der Waals surface area (Å²) in [6.07, 6.45) is 6.71. The Balaban J connectivity index is 5.23. The minimum absolute atomic E-state index is 0.225. The number of ether oxygens (including phenoxy) is 1. The average Bonchev–Trinajstić information content (AvgIpc) is 2.27. The van der Waals surface area contributed by atoms with Crippen molar-refractivity contribution in [3.05, 3.63) is 71.5 Å². The summed E-state index contributed by atoms with van der Waals surface area (Å²) in [6.45, 7) is 16.5. The van der Waals surface area contributed by atoms with E-state index in [4.69, 9.17) is 4.74 Å². The van der Waals surface area contributed by atoms with E-state index in [0.717, 1.165) is 11.1 Å². The first-order chi connectivity index (χ1) is 8.77. The predicted octanol–water partition coefficient (Wildman–Crippen LogP) is 5.76. The summed E-state index contributed by atoms with van der Waals surface area (Å²) in [4.78, 5) is 0. The third-order valence-corrected chi connectivity index (χ3v) is 2.08. The molecule has 104 valence electrons.